The number of nitrogens with one attached hydrogen (secondary N) is 1. The van der Waals surface area contributed by atoms with Crippen molar-refractivity contribution in [1.29, 1.82) is 0 Å². The van der Waals surface area contributed by atoms with E-state index in [4.69, 9.17) is 11.6 Å². The first-order valence-electron chi connectivity index (χ1n) is 5.76. The topological polar surface area (TPSA) is 66.4 Å². The Balaban J connectivity index is 2.91. The summed E-state index contributed by atoms with van der Waals surface area (Å²) in [6.07, 6.45) is 0.663. The first kappa shape index (κ1) is 14.5. The highest BCUT2D eigenvalue weighted by Gasteiger charge is 2.36. The molecule has 0 unspecified atom stereocenters. The van der Waals surface area contributed by atoms with E-state index >= 15 is 0 Å². The number of aliphatic carboxylic acids is 1. The van der Waals surface area contributed by atoms with Gasteiger partial charge in [0.15, 0.2) is 0 Å². The third kappa shape index (κ3) is 3.01. The van der Waals surface area contributed by atoms with Gasteiger partial charge in [0.2, 0.25) is 0 Å². The van der Waals surface area contributed by atoms with E-state index < -0.39 is 17.4 Å². The third-order valence-electron chi connectivity index (χ3n) is 3.08. The number of rotatable bonds is 5. The van der Waals surface area contributed by atoms with Crippen LogP contribution in [0.3, 0.4) is 0 Å². The quantitative estimate of drug-likeness (QED) is 0.864. The van der Waals surface area contributed by atoms with Crippen LogP contribution >= 0.6 is 11.6 Å². The van der Waals surface area contributed by atoms with Gasteiger partial charge in [-0.1, -0.05) is 25.4 Å². The molecule has 98 valence electrons. The summed E-state index contributed by atoms with van der Waals surface area (Å²) in [6, 6.07) is 6.32. The molecule has 0 fully saturated rings. The summed E-state index contributed by atoms with van der Waals surface area (Å²) < 4.78 is 0. The molecular formula is C13H16ClNO3. The minimum Gasteiger partial charge on any atom is -0.480 e. The Morgan fingerprint density at radius 3 is 2.11 bits per heavy atom. The van der Waals surface area contributed by atoms with Crippen LogP contribution in [0, 0.1) is 0 Å². The first-order chi connectivity index (χ1) is 8.45. The predicted octanol–water partition coefficient (Wildman–Crippen LogP) is 2.71. The summed E-state index contributed by atoms with van der Waals surface area (Å²) in [4.78, 5) is 23.2. The maximum Gasteiger partial charge on any atom is 0.329 e. The van der Waals surface area contributed by atoms with Crippen LogP contribution in [0.5, 0.6) is 0 Å². The number of amides is 1. The highest BCUT2D eigenvalue weighted by molar-refractivity contribution is 6.30. The van der Waals surface area contributed by atoms with Gasteiger partial charge >= 0.3 is 5.97 Å². The van der Waals surface area contributed by atoms with Crippen LogP contribution in [0.2, 0.25) is 5.02 Å². The SMILES string of the molecule is CCC(CC)(NC(=O)c1ccc(Cl)cc1)C(=O)O. The smallest absolute Gasteiger partial charge is 0.329 e. The van der Waals surface area contributed by atoms with Crippen LogP contribution in [0.1, 0.15) is 37.0 Å². The molecule has 0 saturated heterocycles. The fraction of sp³-hybridized carbons (Fsp3) is 0.385. The summed E-state index contributed by atoms with van der Waals surface area (Å²) in [5.41, 5.74) is -0.816. The Morgan fingerprint density at radius 1 is 1.22 bits per heavy atom. The molecule has 1 aromatic rings. The zero-order chi connectivity index (χ0) is 13.8. The zero-order valence-electron chi connectivity index (χ0n) is 10.4. The van der Waals surface area contributed by atoms with E-state index in [-0.39, 0.29) is 0 Å². The molecule has 2 N–H and O–H groups in total. The van der Waals surface area contributed by atoms with Gasteiger partial charge in [-0.25, -0.2) is 4.79 Å². The van der Waals surface area contributed by atoms with Gasteiger partial charge in [-0.05, 0) is 37.1 Å². The molecule has 0 spiro atoms. The van der Waals surface area contributed by atoms with Gasteiger partial charge < -0.3 is 10.4 Å². The lowest BCUT2D eigenvalue weighted by molar-refractivity contribution is -0.144. The van der Waals surface area contributed by atoms with Crippen LogP contribution in [0.4, 0.5) is 0 Å². The van der Waals surface area contributed by atoms with Gasteiger partial charge in [0.05, 0.1) is 0 Å². The largest absolute Gasteiger partial charge is 0.480 e. The third-order valence-corrected chi connectivity index (χ3v) is 3.33. The molecule has 0 aliphatic heterocycles. The molecule has 0 aliphatic carbocycles. The minimum atomic E-state index is -1.21. The van der Waals surface area contributed by atoms with Gasteiger partial charge in [0.1, 0.15) is 5.54 Å². The maximum absolute atomic E-state index is 12.0. The van der Waals surface area contributed by atoms with Gasteiger partial charge in [0.25, 0.3) is 5.91 Å². The van der Waals surface area contributed by atoms with Gasteiger partial charge in [-0.3, -0.25) is 4.79 Å². The van der Waals surface area contributed by atoms with E-state index in [1.54, 1.807) is 38.1 Å². The number of carbonyl (C=O) groups excluding carboxylic acids is 1. The molecule has 0 atom stereocenters. The van der Waals surface area contributed by atoms with Crippen LogP contribution in [0.25, 0.3) is 0 Å². The molecule has 4 nitrogen and oxygen atoms in total. The molecule has 1 rings (SSSR count). The molecule has 1 aromatic carbocycles. The molecule has 0 aliphatic rings. The van der Waals surface area contributed by atoms with Crippen LogP contribution < -0.4 is 5.32 Å². The number of hydrogen-bond acceptors (Lipinski definition) is 2. The monoisotopic (exact) mass is 269 g/mol. The summed E-state index contributed by atoms with van der Waals surface area (Å²) >= 11 is 5.73. The van der Waals surface area contributed by atoms with Crippen LogP contribution in [0.15, 0.2) is 24.3 Å². The lowest BCUT2D eigenvalue weighted by Crippen LogP contribution is -2.53. The number of carboxylic acids is 1. The molecule has 0 heterocycles. The van der Waals surface area contributed by atoms with Crippen molar-refractivity contribution in [2.75, 3.05) is 0 Å². The fourth-order valence-electron chi connectivity index (χ4n) is 1.67. The molecule has 0 aromatic heterocycles. The molecule has 5 heteroatoms. The van der Waals surface area contributed by atoms with Gasteiger partial charge in [-0.15, -0.1) is 0 Å². The predicted molar refractivity (Wildman–Crippen MR) is 69.9 cm³/mol. The molecule has 1 amide bonds. The van der Waals surface area contributed by atoms with Crippen molar-refractivity contribution >= 4 is 23.5 Å². The molecule has 18 heavy (non-hydrogen) atoms. The van der Waals surface area contributed by atoms with E-state index in [0.717, 1.165) is 0 Å². The molecule has 0 bridgehead atoms. The van der Waals surface area contributed by atoms with Crippen molar-refractivity contribution in [3.8, 4) is 0 Å². The van der Waals surface area contributed by atoms with Crippen molar-refractivity contribution in [2.24, 2.45) is 0 Å². The zero-order valence-corrected chi connectivity index (χ0v) is 11.1. The first-order valence-corrected chi connectivity index (χ1v) is 6.14. The van der Waals surface area contributed by atoms with E-state index in [9.17, 15) is 14.7 Å². The average molecular weight is 270 g/mol. The van der Waals surface area contributed by atoms with Crippen LogP contribution in [-0.2, 0) is 4.79 Å². The number of benzene rings is 1. The number of carbonyl (C=O) groups is 2. The summed E-state index contributed by atoms with van der Waals surface area (Å²) in [7, 11) is 0. The second kappa shape index (κ2) is 5.87. The summed E-state index contributed by atoms with van der Waals surface area (Å²) in [5.74, 6) is -1.42. The van der Waals surface area contributed by atoms with Gasteiger partial charge in [0, 0.05) is 10.6 Å². The summed E-state index contributed by atoms with van der Waals surface area (Å²) in [5, 5.41) is 12.3. The van der Waals surface area contributed by atoms with Gasteiger partial charge in [-0.2, -0.15) is 0 Å². The van der Waals surface area contributed by atoms with Crippen molar-refractivity contribution in [2.45, 2.75) is 32.2 Å². The Bertz CT molecular complexity index is 438. The standard InChI is InChI=1S/C13H16ClNO3/c1-3-13(4-2,12(17)18)15-11(16)9-5-7-10(14)8-6-9/h5-8H,3-4H2,1-2H3,(H,15,16)(H,17,18). The van der Waals surface area contributed by atoms with E-state index in [2.05, 4.69) is 5.32 Å². The molecule has 0 saturated carbocycles. The van der Waals surface area contributed by atoms with E-state index in [1.807, 2.05) is 0 Å². The molecule has 0 radical (unpaired) electrons. The second-order valence-electron chi connectivity index (χ2n) is 4.06. The highest BCUT2D eigenvalue weighted by Crippen LogP contribution is 2.17. The Hall–Kier alpha value is -1.55. The Morgan fingerprint density at radius 2 is 1.72 bits per heavy atom. The molecular weight excluding hydrogens is 254 g/mol. The number of hydrogen-bond donors (Lipinski definition) is 2. The average Bonchev–Trinajstić information content (AvgIpc) is 2.36. The normalized spacial score (nSPS) is 11.1. The maximum atomic E-state index is 12.0. The van der Waals surface area contributed by atoms with Crippen molar-refractivity contribution in [3.05, 3.63) is 34.9 Å². The van der Waals surface area contributed by atoms with E-state index in [0.29, 0.717) is 23.4 Å². The van der Waals surface area contributed by atoms with Crippen LogP contribution in [-0.4, -0.2) is 22.5 Å². The fourth-order valence-corrected chi connectivity index (χ4v) is 1.80. The number of halogens is 1. The van der Waals surface area contributed by atoms with Crippen molar-refractivity contribution < 1.29 is 14.7 Å². The van der Waals surface area contributed by atoms with Crippen molar-refractivity contribution in [3.63, 3.8) is 0 Å². The lowest BCUT2D eigenvalue weighted by atomic mass is 9.92. The van der Waals surface area contributed by atoms with Crippen molar-refractivity contribution in [1.82, 2.24) is 5.32 Å². The van der Waals surface area contributed by atoms with E-state index in [1.165, 1.54) is 0 Å². The Labute approximate surface area is 111 Å². The summed E-state index contributed by atoms with van der Waals surface area (Å²) in [6.45, 7) is 3.47. The number of carboxylic acid groups (broad SMARTS) is 1. The second-order valence-corrected chi connectivity index (χ2v) is 4.49. The highest BCUT2D eigenvalue weighted by atomic mass is 35.5. The Kier molecular flexibility index (Phi) is 4.73. The minimum absolute atomic E-state index is 0.332. The lowest BCUT2D eigenvalue weighted by Gasteiger charge is -2.28.